The standard InChI is InChI=1S/C15H32N2O/c1-14(2)8-11-17(15-6-4-5-7-15)12-9-16-10-13-18-3/h14-16H,4-13H2,1-3H3. The van der Waals surface area contributed by atoms with Gasteiger partial charge >= 0.3 is 0 Å². The zero-order valence-electron chi connectivity index (χ0n) is 12.6. The Morgan fingerprint density at radius 1 is 1.17 bits per heavy atom. The SMILES string of the molecule is COCCNCCN(CCC(C)C)C1CCCC1. The van der Waals surface area contributed by atoms with Crippen molar-refractivity contribution >= 4 is 0 Å². The van der Waals surface area contributed by atoms with E-state index in [1.54, 1.807) is 7.11 Å². The van der Waals surface area contributed by atoms with Gasteiger partial charge < -0.3 is 10.1 Å². The molecule has 0 bridgehead atoms. The van der Waals surface area contributed by atoms with Crippen molar-refractivity contribution in [2.24, 2.45) is 5.92 Å². The monoisotopic (exact) mass is 256 g/mol. The van der Waals surface area contributed by atoms with Crippen LogP contribution < -0.4 is 5.32 Å². The van der Waals surface area contributed by atoms with E-state index < -0.39 is 0 Å². The van der Waals surface area contributed by atoms with Crippen molar-refractivity contribution in [3.05, 3.63) is 0 Å². The normalized spacial score (nSPS) is 17.2. The Hall–Kier alpha value is -0.120. The van der Waals surface area contributed by atoms with Crippen LogP contribution in [0.2, 0.25) is 0 Å². The Labute approximate surface area is 113 Å². The quantitative estimate of drug-likeness (QED) is 0.608. The van der Waals surface area contributed by atoms with Crippen LogP contribution in [0.3, 0.4) is 0 Å². The van der Waals surface area contributed by atoms with E-state index in [1.165, 1.54) is 45.2 Å². The van der Waals surface area contributed by atoms with Crippen LogP contribution in [0.5, 0.6) is 0 Å². The molecule has 0 atom stereocenters. The molecule has 0 heterocycles. The fourth-order valence-corrected chi connectivity index (χ4v) is 2.69. The van der Waals surface area contributed by atoms with Crippen molar-refractivity contribution in [2.45, 2.75) is 52.0 Å². The number of methoxy groups -OCH3 is 1. The Kier molecular flexibility index (Phi) is 8.64. The summed E-state index contributed by atoms with van der Waals surface area (Å²) >= 11 is 0. The minimum Gasteiger partial charge on any atom is -0.383 e. The third-order valence-electron chi connectivity index (χ3n) is 3.89. The molecule has 0 radical (unpaired) electrons. The molecule has 18 heavy (non-hydrogen) atoms. The molecule has 1 N–H and O–H groups in total. The van der Waals surface area contributed by atoms with E-state index in [0.29, 0.717) is 0 Å². The number of ether oxygens (including phenoxy) is 1. The zero-order chi connectivity index (χ0) is 13.2. The number of nitrogens with zero attached hydrogens (tertiary/aromatic N) is 1. The van der Waals surface area contributed by atoms with E-state index >= 15 is 0 Å². The molecule has 1 aliphatic carbocycles. The zero-order valence-corrected chi connectivity index (χ0v) is 12.6. The van der Waals surface area contributed by atoms with Crippen molar-refractivity contribution in [1.29, 1.82) is 0 Å². The lowest BCUT2D eigenvalue weighted by molar-refractivity contribution is 0.178. The summed E-state index contributed by atoms with van der Waals surface area (Å²) in [4.78, 5) is 2.72. The first-order valence-electron chi connectivity index (χ1n) is 7.67. The molecule has 0 saturated heterocycles. The maximum absolute atomic E-state index is 5.05. The molecule has 0 aliphatic heterocycles. The van der Waals surface area contributed by atoms with Crippen LogP contribution in [0.1, 0.15) is 46.0 Å². The fourth-order valence-electron chi connectivity index (χ4n) is 2.69. The number of hydrogen-bond acceptors (Lipinski definition) is 3. The van der Waals surface area contributed by atoms with Gasteiger partial charge in [-0.05, 0) is 31.7 Å². The highest BCUT2D eigenvalue weighted by Gasteiger charge is 2.21. The van der Waals surface area contributed by atoms with Crippen LogP contribution in [0.4, 0.5) is 0 Å². The van der Waals surface area contributed by atoms with Gasteiger partial charge in [-0.15, -0.1) is 0 Å². The largest absolute Gasteiger partial charge is 0.383 e. The van der Waals surface area contributed by atoms with Crippen molar-refractivity contribution < 1.29 is 4.74 Å². The number of hydrogen-bond donors (Lipinski definition) is 1. The Morgan fingerprint density at radius 3 is 2.50 bits per heavy atom. The molecule has 1 rings (SSSR count). The van der Waals surface area contributed by atoms with Gasteiger partial charge in [-0.3, -0.25) is 4.90 Å². The minimum absolute atomic E-state index is 0.815. The van der Waals surface area contributed by atoms with Crippen LogP contribution in [0.15, 0.2) is 0 Å². The second-order valence-electron chi connectivity index (χ2n) is 5.90. The summed E-state index contributed by atoms with van der Waals surface area (Å²) in [6.07, 6.45) is 7.01. The first kappa shape index (κ1) is 15.9. The van der Waals surface area contributed by atoms with E-state index in [2.05, 4.69) is 24.1 Å². The van der Waals surface area contributed by atoms with E-state index in [-0.39, 0.29) is 0 Å². The molecule has 1 aliphatic rings. The Morgan fingerprint density at radius 2 is 1.89 bits per heavy atom. The third-order valence-corrected chi connectivity index (χ3v) is 3.89. The Bertz CT molecular complexity index is 191. The molecule has 108 valence electrons. The van der Waals surface area contributed by atoms with Crippen LogP contribution in [-0.4, -0.2) is 50.8 Å². The highest BCUT2D eigenvalue weighted by molar-refractivity contribution is 4.78. The van der Waals surface area contributed by atoms with Crippen molar-refractivity contribution in [3.63, 3.8) is 0 Å². The Balaban J connectivity index is 2.20. The second kappa shape index (κ2) is 9.76. The lowest BCUT2D eigenvalue weighted by Crippen LogP contribution is -2.40. The molecule has 0 aromatic heterocycles. The second-order valence-corrected chi connectivity index (χ2v) is 5.90. The topological polar surface area (TPSA) is 24.5 Å². The van der Waals surface area contributed by atoms with Crippen LogP contribution in [-0.2, 0) is 4.74 Å². The highest BCUT2D eigenvalue weighted by atomic mass is 16.5. The molecular formula is C15H32N2O. The van der Waals surface area contributed by atoms with Crippen LogP contribution in [0.25, 0.3) is 0 Å². The molecular weight excluding hydrogens is 224 g/mol. The van der Waals surface area contributed by atoms with Crippen LogP contribution >= 0.6 is 0 Å². The van der Waals surface area contributed by atoms with Gasteiger partial charge in [0.2, 0.25) is 0 Å². The third kappa shape index (κ3) is 6.72. The number of rotatable bonds is 10. The molecule has 1 saturated carbocycles. The molecule has 1 fully saturated rings. The van der Waals surface area contributed by atoms with Gasteiger partial charge in [0.05, 0.1) is 6.61 Å². The van der Waals surface area contributed by atoms with E-state index in [4.69, 9.17) is 4.74 Å². The fraction of sp³-hybridized carbons (Fsp3) is 1.00. The average Bonchev–Trinajstić information content (AvgIpc) is 2.86. The van der Waals surface area contributed by atoms with Crippen LogP contribution in [0, 0.1) is 5.92 Å². The molecule has 0 unspecified atom stereocenters. The van der Waals surface area contributed by atoms with E-state index in [0.717, 1.165) is 31.7 Å². The van der Waals surface area contributed by atoms with Gasteiger partial charge in [0.15, 0.2) is 0 Å². The lowest BCUT2D eigenvalue weighted by atomic mass is 10.1. The summed E-state index contributed by atoms with van der Waals surface area (Å²) in [5.74, 6) is 0.815. The summed E-state index contributed by atoms with van der Waals surface area (Å²) in [6.45, 7) is 10.00. The smallest absolute Gasteiger partial charge is 0.0587 e. The summed E-state index contributed by atoms with van der Waals surface area (Å²) in [5, 5.41) is 3.46. The predicted molar refractivity (Wildman–Crippen MR) is 78.0 cm³/mol. The predicted octanol–water partition coefficient (Wildman–Crippen LogP) is 2.51. The first-order valence-corrected chi connectivity index (χ1v) is 7.67. The van der Waals surface area contributed by atoms with Crippen molar-refractivity contribution in [3.8, 4) is 0 Å². The number of nitrogens with one attached hydrogen (secondary N) is 1. The summed E-state index contributed by atoms with van der Waals surface area (Å²) in [6, 6.07) is 0.855. The molecule has 0 amide bonds. The summed E-state index contributed by atoms with van der Waals surface area (Å²) in [5.41, 5.74) is 0. The summed E-state index contributed by atoms with van der Waals surface area (Å²) < 4.78 is 5.05. The van der Waals surface area contributed by atoms with Gasteiger partial charge in [-0.25, -0.2) is 0 Å². The average molecular weight is 256 g/mol. The molecule has 0 aromatic rings. The van der Waals surface area contributed by atoms with Gasteiger partial charge in [0.1, 0.15) is 0 Å². The summed E-state index contributed by atoms with van der Waals surface area (Å²) in [7, 11) is 1.76. The maximum atomic E-state index is 5.05. The van der Waals surface area contributed by atoms with E-state index in [9.17, 15) is 0 Å². The molecule has 3 nitrogen and oxygen atoms in total. The molecule has 0 aromatic carbocycles. The van der Waals surface area contributed by atoms with Gasteiger partial charge in [0.25, 0.3) is 0 Å². The van der Waals surface area contributed by atoms with Gasteiger partial charge in [-0.2, -0.15) is 0 Å². The van der Waals surface area contributed by atoms with E-state index in [1.807, 2.05) is 0 Å². The van der Waals surface area contributed by atoms with Crippen molar-refractivity contribution in [1.82, 2.24) is 10.2 Å². The van der Waals surface area contributed by atoms with Crippen molar-refractivity contribution in [2.75, 3.05) is 39.9 Å². The molecule has 3 heteroatoms. The maximum Gasteiger partial charge on any atom is 0.0587 e. The highest BCUT2D eigenvalue weighted by Crippen LogP contribution is 2.23. The first-order chi connectivity index (χ1) is 8.74. The lowest BCUT2D eigenvalue weighted by Gasteiger charge is -2.29. The van der Waals surface area contributed by atoms with Gasteiger partial charge in [-0.1, -0.05) is 26.7 Å². The molecule has 0 spiro atoms. The minimum atomic E-state index is 0.815. The van der Waals surface area contributed by atoms with Gasteiger partial charge in [0, 0.05) is 32.8 Å².